The summed E-state index contributed by atoms with van der Waals surface area (Å²) >= 11 is 5.58. The minimum absolute atomic E-state index is 0. The van der Waals surface area contributed by atoms with Crippen molar-refractivity contribution in [2.45, 2.75) is 6.92 Å². The van der Waals surface area contributed by atoms with E-state index in [0.717, 1.165) is 6.54 Å². The van der Waals surface area contributed by atoms with Crippen molar-refractivity contribution in [1.82, 2.24) is 4.42 Å². The maximum Gasteiger partial charge on any atom is 0.0528 e. The van der Waals surface area contributed by atoms with E-state index in [9.17, 15) is 0 Å². The zero-order valence-electron chi connectivity index (χ0n) is 5.17. The maximum absolute atomic E-state index is 5.58. The maximum atomic E-state index is 5.58. The second kappa shape index (κ2) is 4.17. The van der Waals surface area contributed by atoms with Crippen LogP contribution in [0.15, 0.2) is 23.9 Å². The van der Waals surface area contributed by atoms with Crippen molar-refractivity contribution >= 4 is 35.8 Å². The average Bonchev–Trinajstić information content (AvgIpc) is 1.77. The zero-order valence-corrected chi connectivity index (χ0v) is 8.26. The van der Waals surface area contributed by atoms with Crippen LogP contribution in [-0.4, -0.2) is 11.0 Å². The first kappa shape index (κ1) is 9.30. The van der Waals surface area contributed by atoms with Crippen LogP contribution < -0.4 is 0 Å². The van der Waals surface area contributed by atoms with Gasteiger partial charge >= 0.3 is 0 Å². The second-order valence-corrected chi connectivity index (χ2v) is 2.28. The summed E-state index contributed by atoms with van der Waals surface area (Å²) in [6.45, 7) is 2.88. The molecule has 1 rings (SSSR count). The standard InChI is InChI=1S/C6H8ClN.HI/c1-6-2-4-8(7)5-3-6;/h2-4H,5H2,1H3;1H. The first-order valence-corrected chi connectivity index (χ1v) is 2.90. The van der Waals surface area contributed by atoms with Gasteiger partial charge in [0.25, 0.3) is 0 Å². The molecule has 3 heteroatoms. The van der Waals surface area contributed by atoms with Gasteiger partial charge in [0.2, 0.25) is 0 Å². The van der Waals surface area contributed by atoms with Crippen molar-refractivity contribution in [2.24, 2.45) is 0 Å². The van der Waals surface area contributed by atoms with Crippen molar-refractivity contribution in [3.8, 4) is 0 Å². The van der Waals surface area contributed by atoms with E-state index in [1.807, 2.05) is 12.3 Å². The summed E-state index contributed by atoms with van der Waals surface area (Å²) in [5.41, 5.74) is 1.28. The number of hydrogen-bond donors (Lipinski definition) is 0. The molecule has 52 valence electrons. The Labute approximate surface area is 77.5 Å². The molecule has 0 aliphatic carbocycles. The molecular formula is C6H9ClIN. The van der Waals surface area contributed by atoms with Crippen LogP contribution in [0.1, 0.15) is 6.92 Å². The summed E-state index contributed by atoms with van der Waals surface area (Å²) in [7, 11) is 0. The third-order valence-corrected chi connectivity index (χ3v) is 1.34. The molecule has 1 nitrogen and oxygen atoms in total. The molecule has 0 N–H and O–H groups in total. The molecule has 0 aromatic heterocycles. The van der Waals surface area contributed by atoms with Gasteiger partial charge in [-0.2, -0.15) is 0 Å². The molecule has 0 atom stereocenters. The summed E-state index contributed by atoms with van der Waals surface area (Å²) in [5.74, 6) is 0. The largest absolute Gasteiger partial charge is 0.289 e. The average molecular weight is 258 g/mol. The highest BCUT2D eigenvalue weighted by Crippen LogP contribution is 2.06. The van der Waals surface area contributed by atoms with E-state index < -0.39 is 0 Å². The van der Waals surface area contributed by atoms with Crippen molar-refractivity contribution in [1.29, 1.82) is 0 Å². The predicted molar refractivity (Wildman–Crippen MR) is 50.9 cm³/mol. The summed E-state index contributed by atoms with van der Waals surface area (Å²) in [4.78, 5) is 0. The molecule has 9 heavy (non-hydrogen) atoms. The molecule has 0 amide bonds. The van der Waals surface area contributed by atoms with E-state index in [-0.39, 0.29) is 24.0 Å². The van der Waals surface area contributed by atoms with Crippen molar-refractivity contribution in [3.63, 3.8) is 0 Å². The summed E-state index contributed by atoms with van der Waals surface area (Å²) < 4.78 is 1.62. The zero-order chi connectivity index (χ0) is 5.98. The van der Waals surface area contributed by atoms with Crippen LogP contribution in [0.5, 0.6) is 0 Å². The molecule has 0 bridgehead atoms. The molecule has 0 fully saturated rings. The lowest BCUT2D eigenvalue weighted by atomic mass is 10.2. The quantitative estimate of drug-likeness (QED) is 0.476. The van der Waals surface area contributed by atoms with Crippen molar-refractivity contribution in [2.75, 3.05) is 6.54 Å². The fourth-order valence-electron chi connectivity index (χ4n) is 0.559. The Hall–Kier alpha value is 0.300. The number of hydrogen-bond acceptors (Lipinski definition) is 1. The van der Waals surface area contributed by atoms with Crippen molar-refractivity contribution < 1.29 is 0 Å². The van der Waals surface area contributed by atoms with Gasteiger partial charge in [0.05, 0.1) is 6.54 Å². The lowest BCUT2D eigenvalue weighted by Gasteiger charge is -2.10. The number of rotatable bonds is 0. The van der Waals surface area contributed by atoms with Gasteiger partial charge in [0, 0.05) is 18.0 Å². The third kappa shape index (κ3) is 3.11. The minimum Gasteiger partial charge on any atom is -0.289 e. The fraction of sp³-hybridized carbons (Fsp3) is 0.333. The highest BCUT2D eigenvalue weighted by Gasteiger charge is 1.94. The molecule has 0 radical (unpaired) electrons. The number of nitrogens with zero attached hydrogens (tertiary/aromatic N) is 1. The van der Waals surface area contributed by atoms with Gasteiger partial charge in [-0.15, -0.1) is 24.0 Å². The SMILES string of the molecule is CC1=CCN(Cl)C=C1.I. The minimum atomic E-state index is 0. The van der Waals surface area contributed by atoms with Crippen LogP contribution in [0, 0.1) is 0 Å². The first-order valence-electron chi connectivity index (χ1n) is 2.56. The van der Waals surface area contributed by atoms with E-state index in [2.05, 4.69) is 13.0 Å². The van der Waals surface area contributed by atoms with Crippen molar-refractivity contribution in [3.05, 3.63) is 23.9 Å². The Morgan fingerprint density at radius 2 is 2.33 bits per heavy atom. The molecule has 0 aromatic carbocycles. The second-order valence-electron chi connectivity index (χ2n) is 1.85. The molecule has 0 aromatic rings. The van der Waals surface area contributed by atoms with Gasteiger partial charge in [0.1, 0.15) is 0 Å². The third-order valence-electron chi connectivity index (χ3n) is 1.09. The van der Waals surface area contributed by atoms with E-state index in [1.54, 1.807) is 4.42 Å². The van der Waals surface area contributed by atoms with Gasteiger partial charge < -0.3 is 0 Å². The molecule has 1 aliphatic heterocycles. The smallest absolute Gasteiger partial charge is 0.0528 e. The first-order chi connectivity index (χ1) is 3.79. The summed E-state index contributed by atoms with van der Waals surface area (Å²) in [5, 5.41) is 0. The molecule has 1 aliphatic rings. The van der Waals surface area contributed by atoms with Gasteiger partial charge in [-0.25, -0.2) is 0 Å². The molecule has 0 saturated carbocycles. The van der Waals surface area contributed by atoms with Gasteiger partial charge in [-0.3, -0.25) is 4.42 Å². The van der Waals surface area contributed by atoms with E-state index >= 15 is 0 Å². The summed E-state index contributed by atoms with van der Waals surface area (Å²) in [6.07, 6.45) is 5.92. The topological polar surface area (TPSA) is 3.24 Å². The molecule has 0 unspecified atom stereocenters. The Morgan fingerprint density at radius 1 is 1.67 bits per heavy atom. The van der Waals surface area contributed by atoms with Crippen LogP contribution in [-0.2, 0) is 0 Å². The van der Waals surface area contributed by atoms with Gasteiger partial charge in [-0.05, 0) is 13.0 Å². The van der Waals surface area contributed by atoms with E-state index in [4.69, 9.17) is 11.8 Å². The molecule has 0 spiro atoms. The Morgan fingerprint density at radius 3 is 2.67 bits per heavy atom. The number of allylic oxidation sites excluding steroid dienone is 2. The Bertz CT molecular complexity index is 142. The highest BCUT2D eigenvalue weighted by molar-refractivity contribution is 14.0. The Kier molecular flexibility index (Phi) is 4.31. The van der Waals surface area contributed by atoms with Crippen LogP contribution in [0.25, 0.3) is 0 Å². The van der Waals surface area contributed by atoms with Gasteiger partial charge in [-0.1, -0.05) is 11.6 Å². The molecular weight excluding hydrogens is 248 g/mol. The highest BCUT2D eigenvalue weighted by atomic mass is 127. The van der Waals surface area contributed by atoms with Crippen LogP contribution in [0.3, 0.4) is 0 Å². The van der Waals surface area contributed by atoms with E-state index in [1.165, 1.54) is 5.57 Å². The summed E-state index contributed by atoms with van der Waals surface area (Å²) in [6, 6.07) is 0. The molecule has 0 saturated heterocycles. The predicted octanol–water partition coefficient (Wildman–Crippen LogP) is 2.53. The van der Waals surface area contributed by atoms with Gasteiger partial charge in [0.15, 0.2) is 0 Å². The Balaban J connectivity index is 0.000000640. The van der Waals surface area contributed by atoms with Crippen LogP contribution >= 0.6 is 35.8 Å². The lowest BCUT2D eigenvalue weighted by molar-refractivity contribution is 0.665. The van der Waals surface area contributed by atoms with E-state index in [0.29, 0.717) is 0 Å². The fourth-order valence-corrected chi connectivity index (χ4v) is 0.684. The van der Waals surface area contributed by atoms with Crippen LogP contribution in [0.2, 0.25) is 0 Å². The lowest BCUT2D eigenvalue weighted by Crippen LogP contribution is -2.06. The monoisotopic (exact) mass is 257 g/mol. The van der Waals surface area contributed by atoms with Crippen LogP contribution in [0.4, 0.5) is 0 Å². The number of halogens is 2. The normalized spacial score (nSPS) is 16.7. The molecule has 1 heterocycles.